The van der Waals surface area contributed by atoms with Gasteiger partial charge in [0.15, 0.2) is 5.41 Å². The van der Waals surface area contributed by atoms with Crippen LogP contribution in [0.3, 0.4) is 0 Å². The Hall–Kier alpha value is -1.85. The highest BCUT2D eigenvalue weighted by molar-refractivity contribution is 6.00. The van der Waals surface area contributed by atoms with Crippen molar-refractivity contribution >= 4 is 17.9 Å². The van der Waals surface area contributed by atoms with Crippen LogP contribution in [-0.4, -0.2) is 39.2 Å². The van der Waals surface area contributed by atoms with Gasteiger partial charge in [-0.25, -0.2) is 0 Å². The molecule has 0 saturated heterocycles. The second-order valence-corrected chi connectivity index (χ2v) is 4.74. The lowest BCUT2D eigenvalue weighted by Gasteiger charge is -2.29. The van der Waals surface area contributed by atoms with Gasteiger partial charge in [-0.1, -0.05) is 12.2 Å². The molecule has 0 heterocycles. The molecule has 0 spiro atoms. The van der Waals surface area contributed by atoms with Crippen molar-refractivity contribution in [2.45, 2.75) is 25.7 Å². The van der Waals surface area contributed by atoms with Gasteiger partial charge in [-0.3, -0.25) is 14.4 Å². The smallest absolute Gasteiger partial charge is 0.323 e. The molecule has 1 rings (SSSR count). The van der Waals surface area contributed by atoms with Gasteiger partial charge in [0.05, 0.1) is 27.2 Å². The number of ether oxygens (including phenoxy) is 3. The molecular weight excluding hydrogens is 264 g/mol. The van der Waals surface area contributed by atoms with Crippen molar-refractivity contribution in [2.24, 2.45) is 11.3 Å². The van der Waals surface area contributed by atoms with Crippen molar-refractivity contribution in [3.05, 3.63) is 12.2 Å². The van der Waals surface area contributed by atoms with Gasteiger partial charge in [-0.05, 0) is 25.7 Å². The third-order valence-electron chi connectivity index (χ3n) is 3.66. The summed E-state index contributed by atoms with van der Waals surface area (Å²) in [4.78, 5) is 35.7. The summed E-state index contributed by atoms with van der Waals surface area (Å²) in [5, 5.41) is 0. The van der Waals surface area contributed by atoms with Gasteiger partial charge in [-0.15, -0.1) is 0 Å². The lowest BCUT2D eigenvalue weighted by molar-refractivity contribution is -0.170. The second-order valence-electron chi connectivity index (χ2n) is 4.74. The minimum absolute atomic E-state index is 0.191. The van der Waals surface area contributed by atoms with E-state index >= 15 is 0 Å². The molecule has 0 aliphatic heterocycles. The molecule has 6 nitrogen and oxygen atoms in total. The number of carbonyl (C=O) groups excluding carboxylic acids is 3. The van der Waals surface area contributed by atoms with Gasteiger partial charge in [0.25, 0.3) is 0 Å². The quantitative estimate of drug-likeness (QED) is 0.336. The third-order valence-corrected chi connectivity index (χ3v) is 3.66. The van der Waals surface area contributed by atoms with Crippen LogP contribution in [0.4, 0.5) is 0 Å². The number of methoxy groups -OCH3 is 3. The number of esters is 3. The molecule has 6 heteroatoms. The molecule has 1 aliphatic rings. The third kappa shape index (κ3) is 3.18. The topological polar surface area (TPSA) is 78.9 Å². The van der Waals surface area contributed by atoms with Crippen LogP contribution in [0.5, 0.6) is 0 Å². The molecule has 1 atom stereocenters. The summed E-state index contributed by atoms with van der Waals surface area (Å²) < 4.78 is 14.2. The van der Waals surface area contributed by atoms with Crippen LogP contribution < -0.4 is 0 Å². The minimum Gasteiger partial charge on any atom is -0.469 e. The Morgan fingerprint density at radius 2 is 1.60 bits per heavy atom. The first-order valence-corrected chi connectivity index (χ1v) is 6.41. The lowest BCUT2D eigenvalue weighted by Crippen LogP contribution is -2.42. The van der Waals surface area contributed by atoms with Crippen LogP contribution in [0.2, 0.25) is 0 Å². The zero-order valence-electron chi connectivity index (χ0n) is 12.0. The molecule has 0 saturated carbocycles. The number of allylic oxidation sites excluding steroid dienone is 2. The molecule has 0 aromatic rings. The summed E-state index contributed by atoms with van der Waals surface area (Å²) in [6.45, 7) is 0. The zero-order chi connectivity index (χ0) is 15.2. The first-order valence-electron chi connectivity index (χ1n) is 6.41. The second kappa shape index (κ2) is 7.07. The molecule has 0 N–H and O–H groups in total. The predicted octanol–water partition coefficient (Wildman–Crippen LogP) is 1.24. The number of hydrogen-bond donors (Lipinski definition) is 0. The highest BCUT2D eigenvalue weighted by atomic mass is 16.5. The van der Waals surface area contributed by atoms with Gasteiger partial charge >= 0.3 is 17.9 Å². The Balaban J connectivity index is 3.04. The fourth-order valence-corrected chi connectivity index (χ4v) is 2.41. The largest absolute Gasteiger partial charge is 0.469 e. The van der Waals surface area contributed by atoms with E-state index in [0.717, 1.165) is 0 Å². The van der Waals surface area contributed by atoms with E-state index in [0.29, 0.717) is 12.8 Å². The van der Waals surface area contributed by atoms with E-state index in [1.165, 1.54) is 21.3 Å². The molecule has 0 aromatic carbocycles. The van der Waals surface area contributed by atoms with Crippen molar-refractivity contribution in [1.29, 1.82) is 0 Å². The summed E-state index contributed by atoms with van der Waals surface area (Å²) in [7, 11) is 3.78. The molecule has 0 aromatic heterocycles. The average Bonchev–Trinajstić information content (AvgIpc) is 2.45. The summed E-state index contributed by atoms with van der Waals surface area (Å²) in [6, 6.07) is 0. The van der Waals surface area contributed by atoms with Gasteiger partial charge < -0.3 is 14.2 Å². The molecule has 0 radical (unpaired) electrons. The Morgan fingerprint density at radius 1 is 1.00 bits per heavy atom. The molecule has 0 fully saturated rings. The van der Waals surface area contributed by atoms with Crippen molar-refractivity contribution in [3.63, 3.8) is 0 Å². The van der Waals surface area contributed by atoms with Crippen molar-refractivity contribution in [1.82, 2.24) is 0 Å². The summed E-state index contributed by atoms with van der Waals surface area (Å²) in [6.07, 6.45) is 4.79. The predicted molar refractivity (Wildman–Crippen MR) is 69.6 cm³/mol. The normalized spacial score (nSPS) is 22.9. The van der Waals surface area contributed by atoms with E-state index in [4.69, 9.17) is 14.2 Å². The average molecular weight is 284 g/mol. The molecule has 1 aliphatic carbocycles. The number of rotatable bonds is 3. The zero-order valence-corrected chi connectivity index (χ0v) is 12.0. The summed E-state index contributed by atoms with van der Waals surface area (Å²) >= 11 is 0. The van der Waals surface area contributed by atoms with Crippen LogP contribution in [0.15, 0.2) is 12.2 Å². The van der Waals surface area contributed by atoms with E-state index in [1.807, 2.05) is 0 Å². The molecule has 112 valence electrons. The van der Waals surface area contributed by atoms with Gasteiger partial charge in [0.1, 0.15) is 0 Å². The van der Waals surface area contributed by atoms with E-state index in [-0.39, 0.29) is 24.7 Å². The molecule has 1 unspecified atom stereocenters. The van der Waals surface area contributed by atoms with Crippen LogP contribution in [-0.2, 0) is 28.6 Å². The van der Waals surface area contributed by atoms with Crippen molar-refractivity contribution in [2.75, 3.05) is 21.3 Å². The maximum Gasteiger partial charge on any atom is 0.323 e. The molecule has 20 heavy (non-hydrogen) atoms. The first-order chi connectivity index (χ1) is 9.51. The molecule has 0 bridgehead atoms. The fraction of sp³-hybridized carbons (Fsp3) is 0.643. The highest BCUT2D eigenvalue weighted by Crippen LogP contribution is 2.36. The summed E-state index contributed by atoms with van der Waals surface area (Å²) in [5.74, 6) is -2.00. The molecular formula is C14H20O6. The monoisotopic (exact) mass is 284 g/mol. The lowest BCUT2D eigenvalue weighted by atomic mass is 9.76. The van der Waals surface area contributed by atoms with Crippen LogP contribution in [0.25, 0.3) is 0 Å². The summed E-state index contributed by atoms with van der Waals surface area (Å²) in [5.41, 5.74) is -1.38. The SMILES string of the molecule is COC(=O)C1C/C=C\CC(C(=O)OC)(C(=O)OC)CC1. The minimum atomic E-state index is -1.38. The Kier molecular flexibility index (Phi) is 5.73. The molecule has 0 amide bonds. The van der Waals surface area contributed by atoms with Crippen molar-refractivity contribution < 1.29 is 28.6 Å². The van der Waals surface area contributed by atoms with E-state index in [2.05, 4.69) is 0 Å². The van der Waals surface area contributed by atoms with Crippen LogP contribution >= 0.6 is 0 Å². The Labute approximate surface area is 118 Å². The van der Waals surface area contributed by atoms with Gasteiger partial charge in [-0.2, -0.15) is 0 Å². The van der Waals surface area contributed by atoms with Crippen molar-refractivity contribution in [3.8, 4) is 0 Å². The standard InChI is InChI=1S/C14H20O6/c1-18-11(15)10-6-4-5-8-14(9-7-10,12(16)19-2)13(17)20-3/h4-5,10H,6-9H2,1-3H3/b5-4-. The van der Waals surface area contributed by atoms with Gasteiger partial charge in [0.2, 0.25) is 0 Å². The highest BCUT2D eigenvalue weighted by Gasteiger charge is 2.48. The first kappa shape index (κ1) is 16.2. The van der Waals surface area contributed by atoms with Crippen LogP contribution in [0.1, 0.15) is 25.7 Å². The van der Waals surface area contributed by atoms with E-state index in [1.54, 1.807) is 12.2 Å². The number of carbonyl (C=O) groups is 3. The number of hydrogen-bond acceptors (Lipinski definition) is 6. The maximum atomic E-state index is 12.0. The van der Waals surface area contributed by atoms with Crippen LogP contribution in [0, 0.1) is 11.3 Å². The van der Waals surface area contributed by atoms with Gasteiger partial charge in [0, 0.05) is 0 Å². The Bertz CT molecular complexity index is 396. The van der Waals surface area contributed by atoms with E-state index < -0.39 is 17.4 Å². The maximum absolute atomic E-state index is 12.0. The fourth-order valence-electron chi connectivity index (χ4n) is 2.41. The Morgan fingerprint density at radius 3 is 2.10 bits per heavy atom. The van der Waals surface area contributed by atoms with E-state index in [9.17, 15) is 14.4 Å².